The maximum Gasteiger partial charge on any atom is 0.336 e. The smallest absolute Gasteiger partial charge is 0.336 e. The summed E-state index contributed by atoms with van der Waals surface area (Å²) in [7, 11) is 2.24. The molecule has 0 aromatic carbocycles. The molecule has 1 aliphatic heterocycles. The third-order valence-electron chi connectivity index (χ3n) is 3.94. The van der Waals surface area contributed by atoms with Crippen LogP contribution in [-0.4, -0.2) is 57.2 Å². The van der Waals surface area contributed by atoms with Gasteiger partial charge in [-0.25, -0.2) is 14.4 Å². The van der Waals surface area contributed by atoms with Crippen molar-refractivity contribution in [1.82, 2.24) is 16.0 Å². The lowest BCUT2D eigenvalue weighted by atomic mass is 9.85. The minimum absolute atomic E-state index is 0.149. The normalized spacial score (nSPS) is 14.0. The molecular formula is C18H25N3O8. The molecule has 3 N–H and O–H groups in total. The van der Waals surface area contributed by atoms with Gasteiger partial charge in [-0.1, -0.05) is 6.92 Å². The van der Waals surface area contributed by atoms with Gasteiger partial charge in [0.25, 0.3) is 5.91 Å². The fourth-order valence-electron chi connectivity index (χ4n) is 2.66. The van der Waals surface area contributed by atoms with Gasteiger partial charge in [0.15, 0.2) is 6.61 Å². The van der Waals surface area contributed by atoms with Crippen molar-refractivity contribution in [3.8, 4) is 0 Å². The predicted molar refractivity (Wildman–Crippen MR) is 98.8 cm³/mol. The number of carbonyl (C=O) groups excluding carboxylic acids is 5. The Bertz CT molecular complexity index is 731. The number of hydrogen-bond acceptors (Lipinski definition) is 9. The molecule has 160 valence electrons. The zero-order chi connectivity index (χ0) is 22.1. The van der Waals surface area contributed by atoms with Crippen LogP contribution in [-0.2, 0) is 33.4 Å². The summed E-state index contributed by atoms with van der Waals surface area (Å²) >= 11 is 0. The molecule has 3 amide bonds. The molecule has 29 heavy (non-hydrogen) atoms. The van der Waals surface area contributed by atoms with Gasteiger partial charge >= 0.3 is 23.9 Å². The predicted octanol–water partition coefficient (Wildman–Crippen LogP) is -0.121. The van der Waals surface area contributed by atoms with Crippen LogP contribution in [0.25, 0.3) is 0 Å². The van der Waals surface area contributed by atoms with Gasteiger partial charge in [0.1, 0.15) is 5.92 Å². The summed E-state index contributed by atoms with van der Waals surface area (Å²) < 4.78 is 14.4. The lowest BCUT2D eigenvalue weighted by molar-refractivity contribution is -0.153. The first kappa shape index (κ1) is 23.7. The second-order valence-electron chi connectivity index (χ2n) is 6.03. The van der Waals surface area contributed by atoms with E-state index in [2.05, 4.69) is 10.6 Å². The second kappa shape index (κ2) is 10.8. The van der Waals surface area contributed by atoms with E-state index in [0.717, 1.165) is 14.2 Å². The molecule has 0 unspecified atom stereocenters. The van der Waals surface area contributed by atoms with E-state index in [4.69, 9.17) is 14.2 Å². The largest absolute Gasteiger partial charge is 0.466 e. The van der Waals surface area contributed by atoms with Crippen LogP contribution in [0.3, 0.4) is 0 Å². The number of amides is 3. The van der Waals surface area contributed by atoms with Crippen molar-refractivity contribution in [2.24, 2.45) is 5.92 Å². The first-order valence-electron chi connectivity index (χ1n) is 8.77. The Hall–Kier alpha value is -3.37. The van der Waals surface area contributed by atoms with Crippen LogP contribution >= 0.6 is 0 Å². The summed E-state index contributed by atoms with van der Waals surface area (Å²) in [5.41, 5.74) is 0.272. The zero-order valence-electron chi connectivity index (χ0n) is 17.0. The van der Waals surface area contributed by atoms with E-state index in [-0.39, 0.29) is 22.5 Å². The molecule has 0 radical (unpaired) electrons. The Kier molecular flexibility index (Phi) is 8.84. The Balaban J connectivity index is 3.03. The third kappa shape index (κ3) is 6.06. The van der Waals surface area contributed by atoms with Crippen LogP contribution < -0.4 is 16.0 Å². The molecule has 11 nitrogen and oxygen atoms in total. The number of carbonyl (C=O) groups is 5. The Morgan fingerprint density at radius 2 is 1.48 bits per heavy atom. The number of hydrogen-bond donors (Lipinski definition) is 3. The van der Waals surface area contributed by atoms with Gasteiger partial charge in [0, 0.05) is 17.9 Å². The first-order chi connectivity index (χ1) is 13.7. The maximum absolute atomic E-state index is 12.7. The van der Waals surface area contributed by atoms with Crippen molar-refractivity contribution in [2.75, 3.05) is 27.4 Å². The van der Waals surface area contributed by atoms with E-state index < -0.39 is 42.4 Å². The lowest BCUT2D eigenvalue weighted by Crippen LogP contribution is -2.43. The van der Waals surface area contributed by atoms with Crippen LogP contribution in [0.2, 0.25) is 0 Å². The van der Waals surface area contributed by atoms with Crippen molar-refractivity contribution in [1.29, 1.82) is 0 Å². The van der Waals surface area contributed by atoms with Gasteiger partial charge in [-0.2, -0.15) is 0 Å². The monoisotopic (exact) mass is 411 g/mol. The average molecular weight is 411 g/mol. The standard InChI is InChI=1S/C18H25N3O8/c1-6-7-19-18(26)21-11(22)8-29-17(25)14-12(15(23)27-4)9(2)20-10(3)13(14)16(24)28-5/h14,20H,6-8H2,1-5H3,(H2,19,21,22,26). The second-order valence-corrected chi connectivity index (χ2v) is 6.03. The van der Waals surface area contributed by atoms with E-state index in [1.54, 1.807) is 0 Å². The van der Waals surface area contributed by atoms with Crippen LogP contribution in [0, 0.1) is 5.92 Å². The average Bonchev–Trinajstić information content (AvgIpc) is 2.68. The lowest BCUT2D eigenvalue weighted by Gasteiger charge is -2.28. The molecule has 0 saturated carbocycles. The summed E-state index contributed by atoms with van der Waals surface area (Å²) in [4.78, 5) is 60.4. The minimum Gasteiger partial charge on any atom is -0.466 e. The van der Waals surface area contributed by atoms with Gasteiger partial charge in [0.05, 0.1) is 25.4 Å². The highest BCUT2D eigenvalue weighted by molar-refractivity contribution is 6.06. The van der Waals surface area contributed by atoms with Gasteiger partial charge in [0.2, 0.25) is 0 Å². The van der Waals surface area contributed by atoms with Gasteiger partial charge in [-0.3, -0.25) is 14.9 Å². The Morgan fingerprint density at radius 1 is 0.966 bits per heavy atom. The molecule has 0 fully saturated rings. The van der Waals surface area contributed by atoms with Gasteiger partial charge in [-0.05, 0) is 20.3 Å². The van der Waals surface area contributed by atoms with Crippen molar-refractivity contribution < 1.29 is 38.2 Å². The number of nitrogens with one attached hydrogen (secondary N) is 3. The fraction of sp³-hybridized carbons (Fsp3) is 0.500. The summed E-state index contributed by atoms with van der Waals surface area (Å²) in [6, 6.07) is -0.730. The molecule has 0 spiro atoms. The molecular weight excluding hydrogens is 386 g/mol. The van der Waals surface area contributed by atoms with E-state index in [9.17, 15) is 24.0 Å². The van der Waals surface area contributed by atoms with E-state index >= 15 is 0 Å². The van der Waals surface area contributed by atoms with E-state index in [1.165, 1.54) is 13.8 Å². The summed E-state index contributed by atoms with van der Waals surface area (Å²) in [5.74, 6) is -5.09. The SMILES string of the molecule is CCCNC(=O)NC(=O)COC(=O)C1C(C(=O)OC)=C(C)NC(C)=C1C(=O)OC. The van der Waals surface area contributed by atoms with Crippen LogP contribution in [0.5, 0.6) is 0 Å². The number of allylic oxidation sites excluding steroid dienone is 2. The summed E-state index contributed by atoms with van der Waals surface area (Å²) in [6.45, 7) is 4.46. The number of ether oxygens (including phenoxy) is 3. The summed E-state index contributed by atoms with van der Waals surface area (Å²) in [6.07, 6.45) is 0.677. The molecule has 0 atom stereocenters. The highest BCUT2D eigenvalue weighted by Crippen LogP contribution is 2.32. The quantitative estimate of drug-likeness (QED) is 0.385. The maximum atomic E-state index is 12.7. The molecule has 0 saturated heterocycles. The van der Waals surface area contributed by atoms with Gasteiger partial charge in [-0.15, -0.1) is 0 Å². The van der Waals surface area contributed by atoms with Crippen molar-refractivity contribution in [3.05, 3.63) is 22.5 Å². The van der Waals surface area contributed by atoms with Crippen molar-refractivity contribution in [2.45, 2.75) is 27.2 Å². The highest BCUT2D eigenvalue weighted by Gasteiger charge is 2.42. The Morgan fingerprint density at radius 3 is 1.93 bits per heavy atom. The molecule has 0 aromatic rings. The topological polar surface area (TPSA) is 149 Å². The molecule has 1 aliphatic rings. The third-order valence-corrected chi connectivity index (χ3v) is 3.94. The van der Waals surface area contributed by atoms with Crippen LogP contribution in [0.4, 0.5) is 4.79 Å². The number of methoxy groups -OCH3 is 2. The van der Waals surface area contributed by atoms with Crippen molar-refractivity contribution in [3.63, 3.8) is 0 Å². The van der Waals surface area contributed by atoms with Crippen molar-refractivity contribution >= 4 is 29.8 Å². The highest BCUT2D eigenvalue weighted by atomic mass is 16.5. The van der Waals surface area contributed by atoms with E-state index in [1.807, 2.05) is 12.2 Å². The van der Waals surface area contributed by atoms with E-state index in [0.29, 0.717) is 13.0 Å². The first-order valence-corrected chi connectivity index (χ1v) is 8.77. The molecule has 0 bridgehead atoms. The number of esters is 3. The number of urea groups is 1. The zero-order valence-corrected chi connectivity index (χ0v) is 17.0. The molecule has 11 heteroatoms. The molecule has 0 aromatic heterocycles. The molecule has 1 heterocycles. The summed E-state index contributed by atoms with van der Waals surface area (Å²) in [5, 5.41) is 7.25. The minimum atomic E-state index is -1.46. The number of imide groups is 1. The van der Waals surface area contributed by atoms with Gasteiger partial charge < -0.3 is 24.8 Å². The van der Waals surface area contributed by atoms with Crippen LogP contribution in [0.15, 0.2) is 22.5 Å². The fourth-order valence-corrected chi connectivity index (χ4v) is 2.66. The van der Waals surface area contributed by atoms with Crippen LogP contribution in [0.1, 0.15) is 27.2 Å². The Labute approximate surface area is 167 Å². The number of dihydropyridines is 1. The molecule has 0 aliphatic carbocycles. The number of rotatable bonds is 7. The molecule has 1 rings (SSSR count).